The first-order valence-electron chi connectivity index (χ1n) is 10.5. The fraction of sp³-hybridized carbons (Fsp3) is 0.391. The molecule has 2 aliphatic rings. The highest BCUT2D eigenvalue weighted by Gasteiger charge is 2.35. The maximum absolute atomic E-state index is 12.9. The number of rotatable bonds is 5. The lowest BCUT2D eigenvalue weighted by Crippen LogP contribution is -2.50. The fourth-order valence-electron chi connectivity index (χ4n) is 4.18. The van der Waals surface area contributed by atoms with E-state index in [1.54, 1.807) is 15.9 Å². The van der Waals surface area contributed by atoms with Gasteiger partial charge in [-0.25, -0.2) is 4.79 Å². The Balaban J connectivity index is 1.40. The molecule has 1 fully saturated rings. The molecule has 0 N–H and O–H groups in total. The predicted molar refractivity (Wildman–Crippen MR) is 115 cm³/mol. The number of halogens is 4. The van der Waals surface area contributed by atoms with Crippen molar-refractivity contribution in [2.75, 3.05) is 24.6 Å². The first-order chi connectivity index (χ1) is 15.7. The van der Waals surface area contributed by atoms with Crippen LogP contribution in [0.3, 0.4) is 0 Å². The highest BCUT2D eigenvalue weighted by atomic mass is 35.5. The van der Waals surface area contributed by atoms with E-state index in [-0.39, 0.29) is 35.7 Å². The number of alkyl halides is 3. The molecule has 4 rings (SSSR count). The minimum absolute atomic E-state index is 0.0190. The molecule has 1 saturated heterocycles. The molecule has 0 radical (unpaired) electrons. The smallest absolute Gasteiger partial charge is 0.422 e. The molecular formula is C23H22ClF3N2O4. The predicted octanol–water partition coefficient (Wildman–Crippen LogP) is 4.97. The molecule has 6 nitrogen and oxygen atoms in total. The molecular weight excluding hydrogens is 461 g/mol. The molecule has 0 aromatic heterocycles. The van der Waals surface area contributed by atoms with Crippen molar-refractivity contribution in [2.24, 2.45) is 0 Å². The first-order valence-corrected chi connectivity index (χ1v) is 10.9. The average molecular weight is 483 g/mol. The number of carbonyl (C=O) groups is 2. The molecule has 0 aliphatic carbocycles. The second-order valence-electron chi connectivity index (χ2n) is 7.97. The Bertz CT molecular complexity index is 1040. The Hall–Kier alpha value is -2.94. The molecule has 0 atom stereocenters. The van der Waals surface area contributed by atoms with Gasteiger partial charge in [0.05, 0.1) is 17.1 Å². The van der Waals surface area contributed by atoms with Crippen LogP contribution >= 0.6 is 11.6 Å². The Kier molecular flexibility index (Phi) is 6.69. The number of para-hydroxylation sites is 2. The number of likely N-dealkylation sites (tertiary alicyclic amines) is 1. The van der Waals surface area contributed by atoms with Crippen molar-refractivity contribution < 1.29 is 32.2 Å². The fourth-order valence-corrected chi connectivity index (χ4v) is 4.43. The first kappa shape index (κ1) is 23.2. The Labute approximate surface area is 193 Å². The van der Waals surface area contributed by atoms with Gasteiger partial charge in [-0.2, -0.15) is 13.2 Å². The van der Waals surface area contributed by atoms with E-state index in [0.717, 1.165) is 11.3 Å². The summed E-state index contributed by atoms with van der Waals surface area (Å²) < 4.78 is 47.9. The van der Waals surface area contributed by atoms with E-state index in [1.807, 2.05) is 24.3 Å². The van der Waals surface area contributed by atoms with Gasteiger partial charge in [-0.3, -0.25) is 9.69 Å². The molecule has 33 heavy (non-hydrogen) atoms. The zero-order valence-electron chi connectivity index (χ0n) is 17.6. The number of carbonyl (C=O) groups excluding carboxylic acids is 2. The Morgan fingerprint density at radius 1 is 1.12 bits per heavy atom. The number of ether oxygens (including phenoxy) is 2. The van der Waals surface area contributed by atoms with Gasteiger partial charge in [0.1, 0.15) is 12.4 Å². The summed E-state index contributed by atoms with van der Waals surface area (Å²) in [7, 11) is 0. The van der Waals surface area contributed by atoms with Crippen molar-refractivity contribution in [3.63, 3.8) is 0 Å². The molecule has 2 aromatic carbocycles. The van der Waals surface area contributed by atoms with Gasteiger partial charge in [0.15, 0.2) is 6.61 Å². The van der Waals surface area contributed by atoms with E-state index in [4.69, 9.17) is 21.1 Å². The van der Waals surface area contributed by atoms with E-state index in [1.165, 1.54) is 12.1 Å². The van der Waals surface area contributed by atoms with Crippen molar-refractivity contribution in [1.29, 1.82) is 0 Å². The van der Waals surface area contributed by atoms with E-state index < -0.39 is 18.9 Å². The quantitative estimate of drug-likeness (QED) is 0.603. The number of fused-ring (bicyclic) bond motifs is 1. The number of piperidine rings is 1. The zero-order valence-corrected chi connectivity index (χ0v) is 18.4. The molecule has 0 bridgehead atoms. The Morgan fingerprint density at radius 3 is 2.58 bits per heavy atom. The standard InChI is InChI=1S/C23H22ClF3N2O4/c24-18-6-3-5-15(21(18)33-14-23(25,26)27)12-20(30)28-10-8-17(9-11-28)29-19-7-2-1-4-16(19)13-32-22(29)31/h1-7,17H,8-14H2. The van der Waals surface area contributed by atoms with Crippen LogP contribution < -0.4 is 9.64 Å². The van der Waals surface area contributed by atoms with Crippen LogP contribution in [0.5, 0.6) is 5.75 Å². The summed E-state index contributed by atoms with van der Waals surface area (Å²) >= 11 is 6.02. The van der Waals surface area contributed by atoms with Gasteiger partial charge < -0.3 is 14.4 Å². The molecule has 2 amide bonds. The lowest BCUT2D eigenvalue weighted by molar-refractivity contribution is -0.153. The zero-order chi connectivity index (χ0) is 23.6. The molecule has 0 unspecified atom stereocenters. The summed E-state index contributed by atoms with van der Waals surface area (Å²) in [6.45, 7) is -0.429. The molecule has 0 spiro atoms. The number of cyclic esters (lactones) is 1. The van der Waals surface area contributed by atoms with E-state index in [2.05, 4.69) is 0 Å². The van der Waals surface area contributed by atoms with Gasteiger partial charge in [0.2, 0.25) is 5.91 Å². The maximum atomic E-state index is 12.9. The SMILES string of the molecule is O=C(Cc1cccc(Cl)c1OCC(F)(F)F)N1CCC(N2C(=O)OCc3ccccc32)CC1. The van der Waals surface area contributed by atoms with Gasteiger partial charge in [-0.1, -0.05) is 41.9 Å². The van der Waals surface area contributed by atoms with E-state index in [0.29, 0.717) is 31.5 Å². The molecule has 2 aromatic rings. The lowest BCUT2D eigenvalue weighted by atomic mass is 10.00. The number of anilines is 1. The summed E-state index contributed by atoms with van der Waals surface area (Å²) in [5.74, 6) is -0.374. The number of nitrogens with zero attached hydrogens (tertiary/aromatic N) is 2. The molecule has 0 saturated carbocycles. The van der Waals surface area contributed by atoms with Crippen LogP contribution in [0, 0.1) is 0 Å². The summed E-state index contributed by atoms with van der Waals surface area (Å²) in [6.07, 6.45) is -3.93. The van der Waals surface area contributed by atoms with E-state index in [9.17, 15) is 22.8 Å². The van der Waals surface area contributed by atoms with Crippen LogP contribution in [0.1, 0.15) is 24.0 Å². The number of benzene rings is 2. The summed E-state index contributed by atoms with van der Waals surface area (Å²) in [5.41, 5.74) is 2.05. The van der Waals surface area contributed by atoms with Gasteiger partial charge in [0, 0.05) is 30.3 Å². The maximum Gasteiger partial charge on any atom is 0.422 e. The third-order valence-electron chi connectivity index (χ3n) is 5.75. The van der Waals surface area contributed by atoms with Crippen LogP contribution in [0.25, 0.3) is 0 Å². The summed E-state index contributed by atoms with van der Waals surface area (Å²) in [6, 6.07) is 12.0. The second-order valence-corrected chi connectivity index (χ2v) is 8.38. The molecule has 176 valence electrons. The number of hydrogen-bond donors (Lipinski definition) is 0. The van der Waals surface area contributed by atoms with Gasteiger partial charge in [0.25, 0.3) is 0 Å². The topological polar surface area (TPSA) is 59.1 Å². The van der Waals surface area contributed by atoms with Crippen molar-refractivity contribution in [2.45, 2.75) is 38.1 Å². The normalized spacial score (nSPS) is 16.9. The number of hydrogen-bond acceptors (Lipinski definition) is 4. The number of amides is 2. The highest BCUT2D eigenvalue weighted by molar-refractivity contribution is 6.32. The van der Waals surface area contributed by atoms with Gasteiger partial charge in [-0.15, -0.1) is 0 Å². The van der Waals surface area contributed by atoms with Crippen LogP contribution in [-0.2, 0) is 22.6 Å². The minimum atomic E-state index is -4.52. The average Bonchev–Trinajstić information content (AvgIpc) is 2.78. The third-order valence-corrected chi connectivity index (χ3v) is 6.05. The summed E-state index contributed by atoms with van der Waals surface area (Å²) in [5, 5.41) is 0.0190. The summed E-state index contributed by atoms with van der Waals surface area (Å²) in [4.78, 5) is 28.6. The Morgan fingerprint density at radius 2 is 1.85 bits per heavy atom. The highest BCUT2D eigenvalue weighted by Crippen LogP contribution is 2.33. The third kappa shape index (κ3) is 5.35. The molecule has 2 heterocycles. The van der Waals surface area contributed by atoms with Crippen molar-refractivity contribution in [3.8, 4) is 5.75 Å². The van der Waals surface area contributed by atoms with E-state index >= 15 is 0 Å². The van der Waals surface area contributed by atoms with Crippen molar-refractivity contribution in [3.05, 3.63) is 58.6 Å². The van der Waals surface area contributed by atoms with Crippen LogP contribution in [0.4, 0.5) is 23.7 Å². The molecule has 2 aliphatic heterocycles. The van der Waals surface area contributed by atoms with Gasteiger partial charge >= 0.3 is 12.3 Å². The second kappa shape index (κ2) is 9.51. The molecule has 10 heteroatoms. The monoisotopic (exact) mass is 482 g/mol. The lowest BCUT2D eigenvalue weighted by Gasteiger charge is -2.40. The minimum Gasteiger partial charge on any atom is -0.482 e. The van der Waals surface area contributed by atoms with Crippen LogP contribution in [0.15, 0.2) is 42.5 Å². The van der Waals surface area contributed by atoms with Gasteiger partial charge in [-0.05, 0) is 25.0 Å². The van der Waals surface area contributed by atoms with Crippen LogP contribution in [0.2, 0.25) is 5.02 Å². The van der Waals surface area contributed by atoms with Crippen molar-refractivity contribution in [1.82, 2.24) is 4.90 Å². The largest absolute Gasteiger partial charge is 0.482 e. The van der Waals surface area contributed by atoms with Crippen LogP contribution in [-0.4, -0.2) is 48.8 Å². The van der Waals surface area contributed by atoms with Crippen molar-refractivity contribution >= 4 is 29.3 Å².